The number of hydrogen-bond donors (Lipinski definition) is 0. The van der Waals surface area contributed by atoms with Gasteiger partial charge in [0.05, 0.1) is 17.8 Å². The molecule has 2 saturated heterocycles. The fourth-order valence-electron chi connectivity index (χ4n) is 4.67. The van der Waals surface area contributed by atoms with Crippen molar-refractivity contribution in [3.8, 4) is 11.3 Å². The molecule has 28 heavy (non-hydrogen) atoms. The molecule has 0 N–H and O–H groups in total. The summed E-state index contributed by atoms with van der Waals surface area (Å²) in [6, 6.07) is 12.7. The van der Waals surface area contributed by atoms with E-state index in [1.807, 2.05) is 36.5 Å². The van der Waals surface area contributed by atoms with Crippen molar-refractivity contribution in [1.29, 1.82) is 0 Å². The van der Waals surface area contributed by atoms with Crippen LogP contribution in [0.2, 0.25) is 0 Å². The molecule has 6 heteroatoms. The molecule has 142 valence electrons. The molecule has 0 saturated carbocycles. The van der Waals surface area contributed by atoms with Crippen molar-refractivity contribution in [3.63, 3.8) is 0 Å². The van der Waals surface area contributed by atoms with E-state index in [1.165, 1.54) is 0 Å². The number of nitrogens with zero attached hydrogens (tertiary/aromatic N) is 5. The van der Waals surface area contributed by atoms with Gasteiger partial charge in [-0.05, 0) is 49.5 Å². The van der Waals surface area contributed by atoms with Gasteiger partial charge in [0.1, 0.15) is 0 Å². The maximum atomic E-state index is 13.0. The number of aromatic nitrogens is 3. The van der Waals surface area contributed by atoms with Crippen molar-refractivity contribution in [2.45, 2.75) is 31.3 Å². The molecule has 2 unspecified atom stereocenters. The van der Waals surface area contributed by atoms with Crippen LogP contribution in [0.5, 0.6) is 0 Å². The highest BCUT2D eigenvalue weighted by atomic mass is 16.2. The molecule has 2 bridgehead atoms. The zero-order valence-electron chi connectivity index (χ0n) is 16.0. The predicted molar refractivity (Wildman–Crippen MR) is 108 cm³/mol. The number of amides is 1. The first-order valence-corrected chi connectivity index (χ1v) is 9.84. The largest absolute Gasteiger partial charge is 0.334 e. The summed E-state index contributed by atoms with van der Waals surface area (Å²) in [7, 11) is 2.15. The molecule has 2 fully saturated rings. The first-order chi connectivity index (χ1) is 13.7. The molecule has 3 aromatic rings. The maximum absolute atomic E-state index is 13.0. The third kappa shape index (κ3) is 3.14. The number of benzene rings is 1. The second-order valence-electron chi connectivity index (χ2n) is 7.93. The molecular formula is C22H23N5O. The van der Waals surface area contributed by atoms with Crippen LogP contribution in [-0.4, -0.2) is 63.1 Å². The third-order valence-electron chi connectivity index (χ3n) is 5.93. The monoisotopic (exact) mass is 373 g/mol. The van der Waals surface area contributed by atoms with Crippen LogP contribution < -0.4 is 0 Å². The van der Waals surface area contributed by atoms with Crippen molar-refractivity contribution in [3.05, 3.63) is 54.5 Å². The number of piperazine rings is 1. The van der Waals surface area contributed by atoms with Crippen LogP contribution in [0.1, 0.15) is 18.5 Å². The number of likely N-dealkylation sites (tertiary alicyclic amines) is 1. The third-order valence-corrected chi connectivity index (χ3v) is 5.93. The summed E-state index contributed by atoms with van der Waals surface area (Å²) in [6.07, 6.45) is 6.13. The van der Waals surface area contributed by atoms with Crippen molar-refractivity contribution < 1.29 is 4.79 Å². The van der Waals surface area contributed by atoms with Crippen LogP contribution in [0.15, 0.2) is 48.8 Å². The van der Waals surface area contributed by atoms with E-state index < -0.39 is 0 Å². The molecular weight excluding hydrogens is 350 g/mol. The number of carbonyl (C=O) groups is 1. The molecule has 2 aliphatic rings. The summed E-state index contributed by atoms with van der Waals surface area (Å²) in [4.78, 5) is 22.0. The van der Waals surface area contributed by atoms with E-state index in [4.69, 9.17) is 0 Å². The summed E-state index contributed by atoms with van der Waals surface area (Å²) in [5.74, 6) is 0.206. The average Bonchev–Trinajstić information content (AvgIpc) is 2.99. The molecule has 1 amide bonds. The van der Waals surface area contributed by atoms with Gasteiger partial charge in [-0.1, -0.05) is 12.1 Å². The highest BCUT2D eigenvalue weighted by molar-refractivity contribution is 5.87. The highest BCUT2D eigenvalue weighted by Gasteiger charge is 2.41. The Balaban J connectivity index is 1.39. The van der Waals surface area contributed by atoms with Gasteiger partial charge in [0.25, 0.3) is 0 Å². The molecule has 0 radical (unpaired) electrons. The van der Waals surface area contributed by atoms with Gasteiger partial charge in [-0.3, -0.25) is 9.78 Å². The van der Waals surface area contributed by atoms with Crippen LogP contribution in [0.4, 0.5) is 0 Å². The minimum atomic E-state index is 0.206. The van der Waals surface area contributed by atoms with Crippen LogP contribution in [-0.2, 0) is 11.2 Å². The van der Waals surface area contributed by atoms with Gasteiger partial charge in [-0.15, -0.1) is 0 Å². The number of fused-ring (bicyclic) bond motifs is 3. The zero-order valence-corrected chi connectivity index (χ0v) is 16.0. The Morgan fingerprint density at radius 2 is 1.93 bits per heavy atom. The standard InChI is InChI=1S/C22H23N5O/c1-26-13-19-6-7-20(14-26)27(19)22(28)11-18-10-17-9-15(4-5-16(17)12-23-18)21-3-2-8-24-25-21/h2-5,8-10,12,19-20H,6-7,11,13-14H2,1H3. The van der Waals surface area contributed by atoms with E-state index in [-0.39, 0.29) is 5.91 Å². The van der Waals surface area contributed by atoms with Crippen molar-refractivity contribution in [2.75, 3.05) is 20.1 Å². The van der Waals surface area contributed by atoms with Gasteiger partial charge in [0, 0.05) is 48.5 Å². The lowest BCUT2D eigenvalue weighted by Gasteiger charge is -2.39. The Morgan fingerprint density at radius 3 is 2.68 bits per heavy atom. The molecule has 1 aromatic carbocycles. The fourth-order valence-corrected chi connectivity index (χ4v) is 4.67. The van der Waals surface area contributed by atoms with Crippen LogP contribution in [0, 0.1) is 0 Å². The second kappa shape index (κ2) is 6.95. The highest BCUT2D eigenvalue weighted by Crippen LogP contribution is 2.30. The van der Waals surface area contributed by atoms with E-state index in [1.54, 1.807) is 6.20 Å². The van der Waals surface area contributed by atoms with E-state index in [0.717, 1.165) is 53.7 Å². The van der Waals surface area contributed by atoms with E-state index in [2.05, 4.69) is 38.1 Å². The van der Waals surface area contributed by atoms with E-state index in [9.17, 15) is 4.79 Å². The minimum absolute atomic E-state index is 0.206. The normalized spacial score (nSPS) is 22.0. The van der Waals surface area contributed by atoms with Gasteiger partial charge in [-0.25, -0.2) is 0 Å². The lowest BCUT2D eigenvalue weighted by atomic mass is 10.0. The summed E-state index contributed by atoms with van der Waals surface area (Å²) in [5, 5.41) is 10.3. The zero-order chi connectivity index (χ0) is 19.1. The molecule has 4 heterocycles. The molecule has 2 aliphatic heterocycles. The van der Waals surface area contributed by atoms with Crippen molar-refractivity contribution in [2.24, 2.45) is 0 Å². The van der Waals surface area contributed by atoms with E-state index in [0.29, 0.717) is 18.5 Å². The molecule has 5 rings (SSSR count). The summed E-state index contributed by atoms with van der Waals surface area (Å²) >= 11 is 0. The summed E-state index contributed by atoms with van der Waals surface area (Å²) < 4.78 is 0. The predicted octanol–water partition coefficient (Wildman–Crippen LogP) is 2.54. The van der Waals surface area contributed by atoms with Crippen molar-refractivity contribution in [1.82, 2.24) is 25.0 Å². The number of pyridine rings is 1. The average molecular weight is 373 g/mol. The smallest absolute Gasteiger partial charge is 0.229 e. The van der Waals surface area contributed by atoms with Gasteiger partial charge in [0.15, 0.2) is 0 Å². The topological polar surface area (TPSA) is 62.2 Å². The number of likely N-dealkylation sites (N-methyl/N-ethyl adjacent to an activating group) is 1. The molecule has 2 atom stereocenters. The molecule has 0 spiro atoms. The first kappa shape index (κ1) is 17.3. The van der Waals surface area contributed by atoms with Gasteiger partial charge in [0.2, 0.25) is 5.91 Å². The Morgan fingerprint density at radius 1 is 1.11 bits per heavy atom. The lowest BCUT2D eigenvalue weighted by Crippen LogP contribution is -2.55. The van der Waals surface area contributed by atoms with E-state index >= 15 is 0 Å². The Hall–Kier alpha value is -2.86. The van der Waals surface area contributed by atoms with Crippen LogP contribution in [0.3, 0.4) is 0 Å². The van der Waals surface area contributed by atoms with Gasteiger partial charge in [-0.2, -0.15) is 10.2 Å². The van der Waals surface area contributed by atoms with Gasteiger partial charge >= 0.3 is 0 Å². The minimum Gasteiger partial charge on any atom is -0.334 e. The summed E-state index contributed by atoms with van der Waals surface area (Å²) in [6.45, 7) is 1.96. The van der Waals surface area contributed by atoms with Gasteiger partial charge < -0.3 is 9.80 Å². The van der Waals surface area contributed by atoms with Crippen LogP contribution >= 0.6 is 0 Å². The number of carbonyl (C=O) groups excluding carboxylic acids is 1. The van der Waals surface area contributed by atoms with Crippen molar-refractivity contribution >= 4 is 16.7 Å². The maximum Gasteiger partial charge on any atom is 0.229 e. The quantitative estimate of drug-likeness (QED) is 0.706. The number of rotatable bonds is 3. The Kier molecular flexibility index (Phi) is 4.28. The summed E-state index contributed by atoms with van der Waals surface area (Å²) in [5.41, 5.74) is 2.68. The SMILES string of the molecule is CN1CC2CCC(C1)N2C(=O)Cc1cc2cc(-c3cccnn3)ccc2cn1. The Labute approximate surface area is 164 Å². The Bertz CT molecular complexity index is 1010. The second-order valence-corrected chi connectivity index (χ2v) is 7.93. The fraction of sp³-hybridized carbons (Fsp3) is 0.364. The molecule has 6 nitrogen and oxygen atoms in total. The first-order valence-electron chi connectivity index (χ1n) is 9.84. The molecule has 0 aliphatic carbocycles. The number of hydrogen-bond acceptors (Lipinski definition) is 5. The van der Waals surface area contributed by atoms with Crippen LogP contribution in [0.25, 0.3) is 22.0 Å². The molecule has 2 aromatic heterocycles. The lowest BCUT2D eigenvalue weighted by molar-refractivity contribution is -0.135.